The summed E-state index contributed by atoms with van der Waals surface area (Å²) in [6.07, 6.45) is 23.9. The van der Waals surface area contributed by atoms with Crippen LogP contribution in [0, 0.1) is 11.8 Å². The molecule has 0 aliphatic heterocycles. The summed E-state index contributed by atoms with van der Waals surface area (Å²) < 4.78 is 5.79. The molecule has 0 N–H and O–H groups in total. The van der Waals surface area contributed by atoms with E-state index in [-0.39, 0.29) is 37.2 Å². The van der Waals surface area contributed by atoms with Crippen LogP contribution in [0.3, 0.4) is 0 Å². The molecule has 208 valence electrons. The van der Waals surface area contributed by atoms with E-state index in [2.05, 4.69) is 133 Å². The Kier molecular flexibility index (Phi) is 18.5. The molecule has 1 rings (SSSR count). The van der Waals surface area contributed by atoms with Gasteiger partial charge in [-0.3, -0.25) is 4.74 Å². The average molecular weight is 552 g/mol. The van der Waals surface area contributed by atoms with E-state index in [0.29, 0.717) is 11.8 Å². The first-order chi connectivity index (χ1) is 16.1. The molecule has 1 nitrogen and oxygen atoms in total. The summed E-state index contributed by atoms with van der Waals surface area (Å²) >= 11 is 0. The molecule has 0 aromatic rings. The van der Waals surface area contributed by atoms with Crippen molar-refractivity contribution in [3.05, 3.63) is 48.2 Å². The molecule has 1 aliphatic rings. The van der Waals surface area contributed by atoms with Crippen molar-refractivity contribution in [1.82, 2.24) is 0 Å². The van der Waals surface area contributed by atoms with Gasteiger partial charge in [-0.05, 0) is 44.2 Å². The van der Waals surface area contributed by atoms with Crippen LogP contribution in [-0.2, 0) is 21.7 Å². The number of nitrogens with zero attached hydrogens (tertiary/aromatic N) is 1. The Hall–Kier alpha value is -0.0957. The van der Waals surface area contributed by atoms with Crippen LogP contribution in [0.15, 0.2) is 53.0 Å². The molecule has 0 atom stereocenters. The van der Waals surface area contributed by atoms with Crippen LogP contribution in [0.5, 0.6) is 0 Å². The molecule has 0 spiro atoms. The van der Waals surface area contributed by atoms with E-state index >= 15 is 0 Å². The van der Waals surface area contributed by atoms with Crippen molar-refractivity contribution in [1.29, 1.82) is 0 Å². The molecule has 1 aliphatic carbocycles. The zero-order valence-electron chi connectivity index (χ0n) is 26.5. The van der Waals surface area contributed by atoms with Gasteiger partial charge in [-0.25, -0.2) is 0 Å². The fourth-order valence-corrected chi connectivity index (χ4v) is 14.4. The molecule has 0 bridgehead atoms. The van der Waals surface area contributed by atoms with E-state index in [1.807, 2.05) is 0 Å². The molecule has 0 saturated carbocycles. The maximum absolute atomic E-state index is 5.79. The van der Waals surface area contributed by atoms with Gasteiger partial charge in [-0.15, -0.1) is 0 Å². The summed E-state index contributed by atoms with van der Waals surface area (Å²) in [4.78, 5) is 0. The maximum atomic E-state index is 5.79. The first-order valence-corrected chi connectivity index (χ1v) is 16.2. The molecule has 0 heterocycles. The SMILES string of the molecule is CC(C)C=CC=CC(C)C.CCCC(C)(C)P(=NC1=CC=CC1)(C(C)(C)CCC)C(C)(C)CCC.[Ti]. The summed E-state index contributed by atoms with van der Waals surface area (Å²) in [5.74, 6) is 1.33. The largest absolute Gasteiger partial charge is 0.270 e. The van der Waals surface area contributed by atoms with Gasteiger partial charge in [-0.1, -0.05) is 146 Å². The first kappa shape index (κ1) is 38.1. The zero-order valence-corrected chi connectivity index (χ0v) is 29.0. The summed E-state index contributed by atoms with van der Waals surface area (Å²) in [6.45, 7) is 30.9. The molecular weight excluding hydrogens is 489 g/mol. The maximum Gasteiger partial charge on any atom is 0.0425 e. The van der Waals surface area contributed by atoms with Crippen LogP contribution in [0.2, 0.25) is 0 Å². The van der Waals surface area contributed by atoms with Crippen molar-refractivity contribution in [2.75, 3.05) is 0 Å². The predicted octanol–water partition coefficient (Wildman–Crippen LogP) is 12.2. The van der Waals surface area contributed by atoms with Crippen LogP contribution in [0.25, 0.3) is 0 Å². The molecule has 36 heavy (non-hydrogen) atoms. The van der Waals surface area contributed by atoms with Gasteiger partial charge in [0.25, 0.3) is 0 Å². The van der Waals surface area contributed by atoms with Gasteiger partial charge < -0.3 is 0 Å². The summed E-state index contributed by atoms with van der Waals surface area (Å²) in [6, 6.07) is 0. The molecule has 0 radical (unpaired) electrons. The molecule has 0 unspecified atom stereocenters. The molecule has 0 fully saturated rings. The van der Waals surface area contributed by atoms with Gasteiger partial charge >= 0.3 is 0 Å². The van der Waals surface area contributed by atoms with Crippen LogP contribution in [0.1, 0.15) is 135 Å². The Bertz CT molecular complexity index is 707. The van der Waals surface area contributed by atoms with Crippen molar-refractivity contribution < 1.29 is 21.7 Å². The zero-order chi connectivity index (χ0) is 27.3. The number of rotatable bonds is 13. The summed E-state index contributed by atoms with van der Waals surface area (Å²) in [5, 5.41) is 0.799. The number of hydrogen-bond acceptors (Lipinski definition) is 1. The number of allylic oxidation sites excluding steroid dienone is 7. The van der Waals surface area contributed by atoms with Crippen LogP contribution < -0.4 is 0 Å². The predicted molar refractivity (Wildman–Crippen MR) is 166 cm³/mol. The van der Waals surface area contributed by atoms with Gasteiger partial charge in [0.05, 0.1) is 0 Å². The second-order valence-electron chi connectivity index (χ2n) is 13.0. The van der Waals surface area contributed by atoms with E-state index < -0.39 is 7.05 Å². The third-order valence-corrected chi connectivity index (χ3v) is 13.8. The average Bonchev–Trinajstić information content (AvgIpc) is 3.22. The third kappa shape index (κ3) is 10.9. The number of hydrogen-bond donors (Lipinski definition) is 0. The van der Waals surface area contributed by atoms with Gasteiger partial charge in [0.1, 0.15) is 0 Å². The van der Waals surface area contributed by atoms with E-state index in [0.717, 1.165) is 6.42 Å². The van der Waals surface area contributed by atoms with Crippen LogP contribution in [0.4, 0.5) is 0 Å². The van der Waals surface area contributed by atoms with Crippen molar-refractivity contribution in [3.8, 4) is 0 Å². The monoisotopic (exact) mass is 551 g/mol. The minimum Gasteiger partial charge on any atom is -0.270 e. The Morgan fingerprint density at radius 1 is 0.750 bits per heavy atom. The Labute approximate surface area is 243 Å². The third-order valence-electron chi connectivity index (χ3n) is 7.35. The smallest absolute Gasteiger partial charge is 0.0425 e. The molecule has 0 aromatic carbocycles. The van der Waals surface area contributed by atoms with Gasteiger partial charge in [0.15, 0.2) is 0 Å². The normalized spacial score (nSPS) is 14.9. The van der Waals surface area contributed by atoms with Crippen LogP contribution in [-0.4, -0.2) is 15.5 Å². The molecule has 0 aromatic heterocycles. The molecule has 3 heteroatoms. The standard InChI is InChI=1S/C23H44NP.C10H18.Ti/c1-10-17-21(4,5)25(22(6,7)18-11-2,23(8,9)19-12-3)24-20-15-13-14-16-20;1-9(2)7-5-6-8-10(3)4;/h13-15H,10-12,16-19H2,1-9H3;5-10H,1-4H3;. The van der Waals surface area contributed by atoms with E-state index in [1.54, 1.807) is 0 Å². The second-order valence-corrected chi connectivity index (χ2v) is 18.1. The fraction of sp³-hybridized carbons (Fsp3) is 0.758. The van der Waals surface area contributed by atoms with Gasteiger partial charge in [0, 0.05) is 49.3 Å². The fourth-order valence-electron chi connectivity index (χ4n) is 6.46. The van der Waals surface area contributed by atoms with Crippen molar-refractivity contribution >= 4 is 7.05 Å². The van der Waals surface area contributed by atoms with E-state index in [1.165, 1.54) is 44.2 Å². The Balaban J connectivity index is 0. The quantitative estimate of drug-likeness (QED) is 0.123. The van der Waals surface area contributed by atoms with Crippen LogP contribution >= 0.6 is 7.05 Å². The topological polar surface area (TPSA) is 12.4 Å². The molecule has 0 amide bonds. The van der Waals surface area contributed by atoms with Gasteiger partial charge in [-0.2, -0.15) is 0 Å². The van der Waals surface area contributed by atoms with Crippen molar-refractivity contribution in [3.63, 3.8) is 0 Å². The second kappa shape index (κ2) is 17.5. The van der Waals surface area contributed by atoms with E-state index in [4.69, 9.17) is 4.74 Å². The van der Waals surface area contributed by atoms with Crippen molar-refractivity contribution in [2.24, 2.45) is 16.6 Å². The molecule has 0 saturated heterocycles. The van der Waals surface area contributed by atoms with Gasteiger partial charge in [0.2, 0.25) is 0 Å². The summed E-state index contributed by atoms with van der Waals surface area (Å²) in [5.41, 5.74) is 1.32. The van der Waals surface area contributed by atoms with E-state index in [9.17, 15) is 0 Å². The minimum atomic E-state index is -1.69. The summed E-state index contributed by atoms with van der Waals surface area (Å²) in [7, 11) is -1.69. The Morgan fingerprint density at radius 3 is 1.36 bits per heavy atom. The minimum absolute atomic E-state index is 0. The van der Waals surface area contributed by atoms with Crippen molar-refractivity contribution in [2.45, 2.75) is 150 Å². The molecular formula is C33H62NPTi. The Morgan fingerprint density at radius 2 is 1.11 bits per heavy atom. The first-order valence-electron chi connectivity index (χ1n) is 14.5.